The summed E-state index contributed by atoms with van der Waals surface area (Å²) in [6, 6.07) is 0. The van der Waals surface area contributed by atoms with E-state index in [0.717, 1.165) is 6.42 Å². The molecule has 0 heterocycles. The van der Waals surface area contributed by atoms with Crippen molar-refractivity contribution in [3.8, 4) is 0 Å². The Morgan fingerprint density at radius 1 is 0.867 bits per heavy atom. The van der Waals surface area contributed by atoms with Gasteiger partial charge >= 0.3 is 0 Å². The van der Waals surface area contributed by atoms with Gasteiger partial charge < -0.3 is 0 Å². The second kappa shape index (κ2) is 10.0. The van der Waals surface area contributed by atoms with Crippen LogP contribution in [0.4, 0.5) is 0 Å². The topological polar surface area (TPSA) is 0 Å². The summed E-state index contributed by atoms with van der Waals surface area (Å²) in [6.45, 7) is 8.96. The van der Waals surface area contributed by atoms with Crippen LogP contribution in [0.3, 0.4) is 0 Å². The molecular formula is C15H28. The minimum absolute atomic E-state index is 1.12. The van der Waals surface area contributed by atoms with Gasteiger partial charge in [-0.2, -0.15) is 0 Å². The minimum atomic E-state index is 1.12. The van der Waals surface area contributed by atoms with E-state index in [1.54, 1.807) is 5.57 Å². The predicted octanol–water partition coefficient (Wildman–Crippen LogP) is 5.65. The van der Waals surface area contributed by atoms with Crippen molar-refractivity contribution in [1.29, 1.82) is 0 Å². The molecule has 0 nitrogen and oxygen atoms in total. The number of hydrogen-bond donors (Lipinski definition) is 0. The molecule has 0 spiro atoms. The summed E-state index contributed by atoms with van der Waals surface area (Å²) in [5.74, 6) is 0. The molecule has 0 unspecified atom stereocenters. The summed E-state index contributed by atoms with van der Waals surface area (Å²) in [6.07, 6.45) is 13.8. The summed E-state index contributed by atoms with van der Waals surface area (Å²) < 4.78 is 0. The maximum absolute atomic E-state index is 2.38. The van der Waals surface area contributed by atoms with E-state index in [-0.39, 0.29) is 0 Å². The Hall–Kier alpha value is -0.520. The molecule has 0 saturated heterocycles. The Balaban J connectivity index is 3.60. The van der Waals surface area contributed by atoms with Crippen molar-refractivity contribution < 1.29 is 0 Å². The van der Waals surface area contributed by atoms with E-state index in [4.69, 9.17) is 0 Å². The first-order chi connectivity index (χ1) is 7.20. The first-order valence-corrected chi connectivity index (χ1v) is 6.52. The van der Waals surface area contributed by atoms with E-state index in [2.05, 4.69) is 39.8 Å². The van der Waals surface area contributed by atoms with Gasteiger partial charge in [0.15, 0.2) is 0 Å². The number of hydrogen-bond acceptors (Lipinski definition) is 0. The normalized spacial score (nSPS) is 13.3. The van der Waals surface area contributed by atoms with Crippen LogP contribution in [0.5, 0.6) is 0 Å². The first-order valence-electron chi connectivity index (χ1n) is 6.52. The number of rotatable bonds is 8. The van der Waals surface area contributed by atoms with Gasteiger partial charge in [-0.25, -0.2) is 0 Å². The van der Waals surface area contributed by atoms with E-state index in [1.807, 2.05) is 0 Å². The molecule has 0 aromatic heterocycles. The molecule has 0 heteroatoms. The van der Waals surface area contributed by atoms with Gasteiger partial charge in [0.2, 0.25) is 0 Å². The van der Waals surface area contributed by atoms with Crippen molar-refractivity contribution in [1.82, 2.24) is 0 Å². The third-order valence-corrected chi connectivity index (χ3v) is 2.91. The molecule has 0 rings (SSSR count). The van der Waals surface area contributed by atoms with E-state index < -0.39 is 0 Å². The molecule has 15 heavy (non-hydrogen) atoms. The van der Waals surface area contributed by atoms with Crippen molar-refractivity contribution in [3.05, 3.63) is 23.3 Å². The van der Waals surface area contributed by atoms with Crippen LogP contribution >= 0.6 is 0 Å². The average Bonchev–Trinajstić information content (AvgIpc) is 2.24. The van der Waals surface area contributed by atoms with Crippen LogP contribution in [0.2, 0.25) is 0 Å². The summed E-state index contributed by atoms with van der Waals surface area (Å²) >= 11 is 0. The summed E-state index contributed by atoms with van der Waals surface area (Å²) in [7, 11) is 0. The Kier molecular flexibility index (Phi) is 9.67. The van der Waals surface area contributed by atoms with Crippen LogP contribution in [-0.2, 0) is 0 Å². The van der Waals surface area contributed by atoms with Crippen molar-refractivity contribution in [2.45, 2.75) is 72.6 Å². The van der Waals surface area contributed by atoms with Gasteiger partial charge in [0.25, 0.3) is 0 Å². The zero-order chi connectivity index (χ0) is 11.5. The van der Waals surface area contributed by atoms with Gasteiger partial charge in [-0.1, -0.05) is 56.4 Å². The van der Waals surface area contributed by atoms with Crippen molar-refractivity contribution in [2.24, 2.45) is 0 Å². The Morgan fingerprint density at radius 3 is 2.13 bits per heavy atom. The van der Waals surface area contributed by atoms with Crippen LogP contribution in [0.25, 0.3) is 0 Å². The summed E-state index contributed by atoms with van der Waals surface area (Å²) in [5.41, 5.74) is 3.07. The highest BCUT2D eigenvalue weighted by atomic mass is 14.0. The molecule has 0 atom stereocenters. The third-order valence-electron chi connectivity index (χ3n) is 2.91. The molecule has 0 aromatic carbocycles. The smallest absolute Gasteiger partial charge is 0.0164 e. The maximum atomic E-state index is 2.38. The third kappa shape index (κ3) is 9.78. The zero-order valence-corrected chi connectivity index (χ0v) is 11.1. The zero-order valence-electron chi connectivity index (χ0n) is 11.1. The molecule has 0 amide bonds. The lowest BCUT2D eigenvalue weighted by Gasteiger charge is -2.00. The van der Waals surface area contributed by atoms with Gasteiger partial charge in [0, 0.05) is 0 Å². The molecule has 0 aliphatic carbocycles. The SMILES string of the molecule is CCCCCCC(C)=CCC=C(C)CC. The standard InChI is InChI=1S/C15H28/c1-5-7-8-9-11-15(4)13-10-12-14(3)6-2/h12-13H,5-11H2,1-4H3. The molecular weight excluding hydrogens is 180 g/mol. The van der Waals surface area contributed by atoms with Gasteiger partial charge in [0.05, 0.1) is 0 Å². The Labute approximate surface area is 96.5 Å². The molecule has 0 saturated carbocycles. The van der Waals surface area contributed by atoms with E-state index in [9.17, 15) is 0 Å². The highest BCUT2D eigenvalue weighted by Crippen LogP contribution is 2.11. The van der Waals surface area contributed by atoms with Gasteiger partial charge in [-0.05, 0) is 39.5 Å². The Morgan fingerprint density at radius 2 is 1.53 bits per heavy atom. The highest BCUT2D eigenvalue weighted by Gasteiger charge is 1.90. The highest BCUT2D eigenvalue weighted by molar-refractivity contribution is 5.05. The predicted molar refractivity (Wildman–Crippen MR) is 71.2 cm³/mol. The first kappa shape index (κ1) is 14.5. The largest absolute Gasteiger partial charge is 0.0818 e. The lowest BCUT2D eigenvalue weighted by atomic mass is 10.1. The van der Waals surface area contributed by atoms with Crippen LogP contribution in [0.1, 0.15) is 72.6 Å². The van der Waals surface area contributed by atoms with Gasteiger partial charge in [-0.15, -0.1) is 0 Å². The number of unbranched alkanes of at least 4 members (excludes halogenated alkanes) is 3. The van der Waals surface area contributed by atoms with Crippen molar-refractivity contribution in [3.63, 3.8) is 0 Å². The fourth-order valence-electron chi connectivity index (χ4n) is 1.54. The van der Waals surface area contributed by atoms with E-state index >= 15 is 0 Å². The minimum Gasteiger partial charge on any atom is -0.0818 e. The number of allylic oxidation sites excluding steroid dienone is 4. The lowest BCUT2D eigenvalue weighted by molar-refractivity contribution is 0.663. The monoisotopic (exact) mass is 208 g/mol. The van der Waals surface area contributed by atoms with Crippen LogP contribution < -0.4 is 0 Å². The van der Waals surface area contributed by atoms with Gasteiger partial charge in [0.1, 0.15) is 0 Å². The van der Waals surface area contributed by atoms with Crippen LogP contribution in [0, 0.1) is 0 Å². The average molecular weight is 208 g/mol. The second-order valence-electron chi connectivity index (χ2n) is 4.50. The van der Waals surface area contributed by atoms with E-state index in [1.165, 1.54) is 44.1 Å². The van der Waals surface area contributed by atoms with Crippen LogP contribution in [-0.4, -0.2) is 0 Å². The quantitative estimate of drug-likeness (QED) is 0.357. The fourth-order valence-corrected chi connectivity index (χ4v) is 1.54. The molecule has 0 fully saturated rings. The second-order valence-corrected chi connectivity index (χ2v) is 4.50. The fraction of sp³-hybridized carbons (Fsp3) is 0.733. The molecule has 0 bridgehead atoms. The molecule has 88 valence electrons. The van der Waals surface area contributed by atoms with E-state index in [0.29, 0.717) is 0 Å². The Bertz CT molecular complexity index is 196. The molecule has 0 radical (unpaired) electrons. The summed E-state index contributed by atoms with van der Waals surface area (Å²) in [4.78, 5) is 0. The molecule has 0 N–H and O–H groups in total. The summed E-state index contributed by atoms with van der Waals surface area (Å²) in [5, 5.41) is 0. The maximum Gasteiger partial charge on any atom is -0.0164 e. The lowest BCUT2D eigenvalue weighted by Crippen LogP contribution is -1.80. The molecule has 0 aromatic rings. The molecule has 0 aliphatic heterocycles. The molecule has 0 aliphatic rings. The van der Waals surface area contributed by atoms with Crippen molar-refractivity contribution in [2.75, 3.05) is 0 Å². The van der Waals surface area contributed by atoms with Crippen LogP contribution in [0.15, 0.2) is 23.3 Å². The van der Waals surface area contributed by atoms with Crippen molar-refractivity contribution >= 4 is 0 Å². The van der Waals surface area contributed by atoms with Gasteiger partial charge in [-0.3, -0.25) is 0 Å².